The summed E-state index contributed by atoms with van der Waals surface area (Å²) >= 11 is 0. The van der Waals surface area contributed by atoms with E-state index in [0.29, 0.717) is 5.56 Å². The van der Waals surface area contributed by atoms with Gasteiger partial charge < -0.3 is 0 Å². The Morgan fingerprint density at radius 2 is 2.17 bits per heavy atom. The van der Waals surface area contributed by atoms with Gasteiger partial charge in [-0.15, -0.1) is 0 Å². The standard InChI is InChI=1S/C10H8FO/c11-10-7-2-1-5-9(10)6-3-4-8-12/h1-3,5-7H,4H2/b6-3+. The van der Waals surface area contributed by atoms with Crippen LogP contribution in [0, 0.1) is 5.82 Å². The van der Waals surface area contributed by atoms with Gasteiger partial charge >= 0.3 is 0 Å². The predicted octanol–water partition coefficient (Wildman–Crippen LogP) is 2.34. The molecule has 61 valence electrons. The van der Waals surface area contributed by atoms with Crippen LogP contribution in [-0.4, -0.2) is 6.29 Å². The van der Waals surface area contributed by atoms with Gasteiger partial charge in [0.2, 0.25) is 6.29 Å². The minimum atomic E-state index is -0.278. The Balaban J connectivity index is 2.74. The van der Waals surface area contributed by atoms with Crippen LogP contribution >= 0.6 is 0 Å². The summed E-state index contributed by atoms with van der Waals surface area (Å²) in [7, 11) is 0. The van der Waals surface area contributed by atoms with Gasteiger partial charge in [0, 0.05) is 12.0 Å². The highest BCUT2D eigenvalue weighted by Gasteiger charge is 1.93. The first-order valence-corrected chi connectivity index (χ1v) is 3.60. The second-order valence-electron chi connectivity index (χ2n) is 2.27. The molecule has 1 rings (SSSR count). The van der Waals surface area contributed by atoms with E-state index in [4.69, 9.17) is 0 Å². The molecule has 0 spiro atoms. The van der Waals surface area contributed by atoms with Crippen molar-refractivity contribution >= 4 is 12.4 Å². The summed E-state index contributed by atoms with van der Waals surface area (Å²) in [6.45, 7) is 0. The smallest absolute Gasteiger partial charge is 0.202 e. The number of hydrogen-bond acceptors (Lipinski definition) is 1. The minimum Gasteiger partial charge on any atom is -0.291 e. The van der Waals surface area contributed by atoms with E-state index < -0.39 is 0 Å². The molecule has 0 aliphatic rings. The summed E-state index contributed by atoms with van der Waals surface area (Å²) in [6.07, 6.45) is 5.05. The maximum atomic E-state index is 12.9. The van der Waals surface area contributed by atoms with Crippen LogP contribution in [0.5, 0.6) is 0 Å². The van der Waals surface area contributed by atoms with E-state index in [1.165, 1.54) is 6.07 Å². The molecule has 12 heavy (non-hydrogen) atoms. The van der Waals surface area contributed by atoms with Gasteiger partial charge in [0.1, 0.15) is 5.82 Å². The van der Waals surface area contributed by atoms with Crippen LogP contribution in [0.1, 0.15) is 12.0 Å². The van der Waals surface area contributed by atoms with Gasteiger partial charge in [-0.3, -0.25) is 4.79 Å². The fraction of sp³-hybridized carbons (Fsp3) is 0.100. The van der Waals surface area contributed by atoms with Crippen LogP contribution in [0.3, 0.4) is 0 Å². The average molecular weight is 163 g/mol. The van der Waals surface area contributed by atoms with Gasteiger partial charge in [-0.1, -0.05) is 30.4 Å². The Labute approximate surface area is 70.5 Å². The van der Waals surface area contributed by atoms with Crippen molar-refractivity contribution in [2.45, 2.75) is 6.42 Å². The molecule has 0 unspecified atom stereocenters. The van der Waals surface area contributed by atoms with E-state index in [0.717, 1.165) is 0 Å². The molecule has 0 aromatic heterocycles. The molecule has 0 fully saturated rings. The molecule has 0 aliphatic heterocycles. The minimum absolute atomic E-state index is 0.203. The largest absolute Gasteiger partial charge is 0.291 e. The highest BCUT2D eigenvalue weighted by molar-refractivity contribution is 5.58. The first-order valence-electron chi connectivity index (χ1n) is 3.60. The van der Waals surface area contributed by atoms with Crippen LogP contribution < -0.4 is 0 Å². The predicted molar refractivity (Wildman–Crippen MR) is 45.7 cm³/mol. The van der Waals surface area contributed by atoms with Gasteiger partial charge in [-0.05, 0) is 6.07 Å². The monoisotopic (exact) mass is 163 g/mol. The second kappa shape index (κ2) is 4.44. The summed E-state index contributed by atoms with van der Waals surface area (Å²) < 4.78 is 12.9. The zero-order valence-corrected chi connectivity index (χ0v) is 6.46. The summed E-state index contributed by atoms with van der Waals surface area (Å²) in [4.78, 5) is 9.81. The molecule has 1 aromatic rings. The first kappa shape index (κ1) is 8.65. The van der Waals surface area contributed by atoms with Crippen molar-refractivity contribution in [2.24, 2.45) is 0 Å². The number of benzene rings is 1. The second-order valence-corrected chi connectivity index (χ2v) is 2.27. The topological polar surface area (TPSA) is 17.1 Å². The van der Waals surface area contributed by atoms with Crippen LogP contribution in [0.15, 0.2) is 30.3 Å². The fourth-order valence-corrected chi connectivity index (χ4v) is 0.844. The molecule has 0 saturated heterocycles. The first-order chi connectivity index (χ1) is 5.84. The van der Waals surface area contributed by atoms with Crippen molar-refractivity contribution in [3.63, 3.8) is 0 Å². The van der Waals surface area contributed by atoms with Gasteiger partial charge in [0.15, 0.2) is 0 Å². The Hall–Kier alpha value is -1.44. The lowest BCUT2D eigenvalue weighted by Crippen LogP contribution is -1.79. The number of rotatable bonds is 3. The Morgan fingerprint density at radius 3 is 2.83 bits per heavy atom. The van der Waals surface area contributed by atoms with Gasteiger partial charge in [0.05, 0.1) is 0 Å². The number of carbonyl (C=O) groups excluding carboxylic acids is 1. The van der Waals surface area contributed by atoms with Gasteiger partial charge in [-0.2, -0.15) is 0 Å². The fourth-order valence-electron chi connectivity index (χ4n) is 0.844. The molecule has 1 aromatic carbocycles. The van der Waals surface area contributed by atoms with Crippen LogP contribution in [-0.2, 0) is 4.79 Å². The Morgan fingerprint density at radius 1 is 1.42 bits per heavy atom. The quantitative estimate of drug-likeness (QED) is 0.668. The van der Waals surface area contributed by atoms with Crippen molar-refractivity contribution in [1.29, 1.82) is 0 Å². The third-order valence-electron chi connectivity index (χ3n) is 1.40. The Bertz CT molecular complexity index is 292. The van der Waals surface area contributed by atoms with Crippen molar-refractivity contribution in [1.82, 2.24) is 0 Å². The van der Waals surface area contributed by atoms with E-state index in [9.17, 15) is 9.18 Å². The van der Waals surface area contributed by atoms with Crippen LogP contribution in [0.25, 0.3) is 6.08 Å². The van der Waals surface area contributed by atoms with Crippen molar-refractivity contribution < 1.29 is 9.18 Å². The number of halogens is 1. The van der Waals surface area contributed by atoms with Crippen LogP contribution in [0.4, 0.5) is 4.39 Å². The van der Waals surface area contributed by atoms with Crippen molar-refractivity contribution in [3.05, 3.63) is 41.7 Å². The van der Waals surface area contributed by atoms with E-state index in [-0.39, 0.29) is 12.2 Å². The molecule has 0 saturated carbocycles. The molecule has 0 atom stereocenters. The third kappa shape index (κ3) is 2.31. The highest BCUT2D eigenvalue weighted by atomic mass is 19.1. The lowest BCUT2D eigenvalue weighted by molar-refractivity contribution is 0.556. The van der Waals surface area contributed by atoms with Crippen molar-refractivity contribution in [3.8, 4) is 0 Å². The number of hydrogen-bond donors (Lipinski definition) is 0. The molecular formula is C10H8FO. The number of allylic oxidation sites excluding steroid dienone is 1. The zero-order valence-electron chi connectivity index (χ0n) is 6.46. The van der Waals surface area contributed by atoms with Crippen LogP contribution in [0.2, 0.25) is 0 Å². The SMILES string of the molecule is O=[C]C/C=C/c1ccccc1F. The molecule has 1 nitrogen and oxygen atoms in total. The highest BCUT2D eigenvalue weighted by Crippen LogP contribution is 2.07. The molecule has 0 aliphatic carbocycles. The van der Waals surface area contributed by atoms with E-state index in [2.05, 4.69) is 0 Å². The molecule has 0 bridgehead atoms. The molecule has 0 N–H and O–H groups in total. The molecular weight excluding hydrogens is 155 g/mol. The molecule has 0 amide bonds. The summed E-state index contributed by atoms with van der Waals surface area (Å²) in [6, 6.07) is 6.40. The summed E-state index contributed by atoms with van der Waals surface area (Å²) in [5, 5.41) is 0. The van der Waals surface area contributed by atoms with E-state index in [1.807, 2.05) is 0 Å². The zero-order chi connectivity index (χ0) is 8.81. The lowest BCUT2D eigenvalue weighted by atomic mass is 10.2. The van der Waals surface area contributed by atoms with Gasteiger partial charge in [0.25, 0.3) is 0 Å². The average Bonchev–Trinajstić information content (AvgIpc) is 2.09. The van der Waals surface area contributed by atoms with Crippen molar-refractivity contribution in [2.75, 3.05) is 0 Å². The maximum absolute atomic E-state index is 12.9. The maximum Gasteiger partial charge on any atom is 0.202 e. The summed E-state index contributed by atoms with van der Waals surface area (Å²) in [5.41, 5.74) is 0.493. The molecule has 1 radical (unpaired) electrons. The van der Waals surface area contributed by atoms with Gasteiger partial charge in [-0.25, -0.2) is 4.39 Å². The lowest BCUT2D eigenvalue weighted by Gasteiger charge is -1.93. The Kier molecular flexibility index (Phi) is 3.20. The summed E-state index contributed by atoms with van der Waals surface area (Å²) in [5.74, 6) is -0.278. The normalized spacial score (nSPS) is 10.4. The van der Waals surface area contributed by atoms with E-state index in [1.54, 1.807) is 36.6 Å². The third-order valence-corrected chi connectivity index (χ3v) is 1.40. The van der Waals surface area contributed by atoms with E-state index >= 15 is 0 Å². The molecule has 0 heterocycles. The molecule has 2 heteroatoms.